The number of phenols is 2. The predicted octanol–water partition coefficient (Wildman–Crippen LogP) is 6.23. The van der Waals surface area contributed by atoms with Crippen LogP contribution in [0.4, 0.5) is 17.1 Å². The Morgan fingerprint density at radius 1 is 0.846 bits per heavy atom. The van der Waals surface area contributed by atoms with E-state index in [0.29, 0.717) is 27.6 Å². The first kappa shape index (κ1) is 17.6. The minimum atomic E-state index is 0.0588. The molecule has 0 fully saturated rings. The Labute approximate surface area is 156 Å². The molecule has 6 heteroatoms. The monoisotopic (exact) mass is 365 g/mol. The molecule has 0 aromatic heterocycles. The van der Waals surface area contributed by atoms with Gasteiger partial charge in [-0.3, -0.25) is 4.99 Å². The zero-order valence-electron chi connectivity index (χ0n) is 14.0. The third kappa shape index (κ3) is 4.26. The molecule has 0 atom stereocenters. The lowest BCUT2D eigenvalue weighted by molar-refractivity contribution is 0.474. The number of hydrogen-bond donors (Lipinski definition) is 2. The summed E-state index contributed by atoms with van der Waals surface area (Å²) in [7, 11) is 0. The topological polar surface area (TPSA) is 77.5 Å². The van der Waals surface area contributed by atoms with Gasteiger partial charge in [0.15, 0.2) is 0 Å². The third-order valence-electron chi connectivity index (χ3n) is 3.65. The summed E-state index contributed by atoms with van der Waals surface area (Å²) in [6.45, 7) is 1.85. The molecule has 0 aliphatic rings. The van der Waals surface area contributed by atoms with Crippen molar-refractivity contribution >= 4 is 34.9 Å². The summed E-state index contributed by atoms with van der Waals surface area (Å²) in [5.41, 5.74) is 2.94. The zero-order chi connectivity index (χ0) is 18.5. The van der Waals surface area contributed by atoms with E-state index in [9.17, 15) is 10.2 Å². The van der Waals surface area contributed by atoms with Crippen LogP contribution in [0.15, 0.2) is 75.9 Å². The largest absolute Gasteiger partial charge is 0.507 e. The smallest absolute Gasteiger partial charge is 0.141 e. The second-order valence-electron chi connectivity index (χ2n) is 5.62. The van der Waals surface area contributed by atoms with Crippen molar-refractivity contribution in [3.63, 3.8) is 0 Å². The number of rotatable bonds is 4. The zero-order valence-corrected chi connectivity index (χ0v) is 14.7. The minimum Gasteiger partial charge on any atom is -0.507 e. The molecule has 26 heavy (non-hydrogen) atoms. The normalized spacial score (nSPS) is 11.5. The Morgan fingerprint density at radius 2 is 1.58 bits per heavy atom. The van der Waals surface area contributed by atoms with Crippen LogP contribution in [0.5, 0.6) is 11.5 Å². The molecule has 0 saturated carbocycles. The highest BCUT2D eigenvalue weighted by atomic mass is 35.5. The van der Waals surface area contributed by atoms with Crippen molar-refractivity contribution in [2.45, 2.75) is 6.92 Å². The van der Waals surface area contributed by atoms with Gasteiger partial charge in [0.1, 0.15) is 17.2 Å². The maximum Gasteiger partial charge on any atom is 0.141 e. The average Bonchev–Trinajstić information content (AvgIpc) is 2.61. The first-order chi connectivity index (χ1) is 12.5. The van der Waals surface area contributed by atoms with Crippen LogP contribution < -0.4 is 0 Å². The molecule has 0 radical (unpaired) electrons. The van der Waals surface area contributed by atoms with Crippen LogP contribution in [0.3, 0.4) is 0 Å². The summed E-state index contributed by atoms with van der Waals surface area (Å²) in [5.74, 6) is 0.140. The molecule has 0 heterocycles. The van der Waals surface area contributed by atoms with Gasteiger partial charge < -0.3 is 10.2 Å². The number of para-hydroxylation sites is 1. The molecule has 130 valence electrons. The highest BCUT2D eigenvalue weighted by Crippen LogP contribution is 2.30. The molecular formula is C20H16ClN3O2. The lowest BCUT2D eigenvalue weighted by Crippen LogP contribution is -1.83. The summed E-state index contributed by atoms with van der Waals surface area (Å²) in [6.07, 6.45) is 1.48. The predicted molar refractivity (Wildman–Crippen MR) is 104 cm³/mol. The van der Waals surface area contributed by atoms with Gasteiger partial charge in [0.2, 0.25) is 0 Å². The van der Waals surface area contributed by atoms with Crippen molar-refractivity contribution < 1.29 is 10.2 Å². The van der Waals surface area contributed by atoms with E-state index in [0.717, 1.165) is 5.56 Å². The fraction of sp³-hybridized carbons (Fsp3) is 0.0500. The van der Waals surface area contributed by atoms with Crippen LogP contribution >= 0.6 is 11.6 Å². The molecule has 0 spiro atoms. The molecule has 3 aromatic carbocycles. The molecular weight excluding hydrogens is 350 g/mol. The van der Waals surface area contributed by atoms with Gasteiger partial charge in [-0.05, 0) is 55.0 Å². The molecule has 0 aliphatic carbocycles. The molecule has 0 bridgehead atoms. The van der Waals surface area contributed by atoms with Crippen LogP contribution in [0.25, 0.3) is 0 Å². The number of aryl methyl sites for hydroxylation is 1. The Morgan fingerprint density at radius 3 is 2.31 bits per heavy atom. The van der Waals surface area contributed by atoms with E-state index in [1.54, 1.807) is 48.5 Å². The lowest BCUT2D eigenvalue weighted by Gasteiger charge is -2.03. The SMILES string of the molecule is Cc1cccc(O)c1N=Cc1cc(N=Nc2cccc(Cl)c2)ccc1O. The van der Waals surface area contributed by atoms with Gasteiger partial charge in [0.05, 0.1) is 11.4 Å². The van der Waals surface area contributed by atoms with Crippen LogP contribution in [-0.2, 0) is 0 Å². The Bertz CT molecular complexity index is 980. The molecule has 3 rings (SSSR count). The highest BCUT2D eigenvalue weighted by Gasteiger charge is 2.04. The number of nitrogens with zero attached hydrogens (tertiary/aromatic N) is 3. The van der Waals surface area contributed by atoms with E-state index < -0.39 is 0 Å². The molecule has 0 saturated heterocycles. The summed E-state index contributed by atoms with van der Waals surface area (Å²) in [4.78, 5) is 4.28. The van der Waals surface area contributed by atoms with E-state index in [4.69, 9.17) is 11.6 Å². The van der Waals surface area contributed by atoms with E-state index in [1.165, 1.54) is 12.3 Å². The van der Waals surface area contributed by atoms with Crippen molar-refractivity contribution in [2.24, 2.45) is 15.2 Å². The second-order valence-corrected chi connectivity index (χ2v) is 6.06. The van der Waals surface area contributed by atoms with Gasteiger partial charge in [-0.15, -0.1) is 0 Å². The number of aliphatic imine (C=N–C) groups is 1. The molecule has 2 N–H and O–H groups in total. The second kappa shape index (κ2) is 7.80. The quantitative estimate of drug-likeness (QED) is 0.425. The van der Waals surface area contributed by atoms with Gasteiger partial charge >= 0.3 is 0 Å². The third-order valence-corrected chi connectivity index (χ3v) is 3.88. The van der Waals surface area contributed by atoms with E-state index in [-0.39, 0.29) is 11.5 Å². The number of hydrogen-bond acceptors (Lipinski definition) is 5. The van der Waals surface area contributed by atoms with E-state index in [1.807, 2.05) is 13.0 Å². The van der Waals surface area contributed by atoms with Crippen LogP contribution in [0.2, 0.25) is 5.02 Å². The minimum absolute atomic E-state index is 0.0588. The lowest BCUT2D eigenvalue weighted by atomic mass is 10.1. The molecule has 3 aromatic rings. The van der Waals surface area contributed by atoms with Gasteiger partial charge in [-0.1, -0.05) is 29.8 Å². The van der Waals surface area contributed by atoms with Crippen molar-refractivity contribution in [1.82, 2.24) is 0 Å². The number of benzene rings is 3. The maximum atomic E-state index is 10.0. The first-order valence-electron chi connectivity index (χ1n) is 7.86. The van der Waals surface area contributed by atoms with E-state index in [2.05, 4.69) is 15.2 Å². The fourth-order valence-electron chi connectivity index (χ4n) is 2.31. The molecule has 0 unspecified atom stereocenters. The van der Waals surface area contributed by atoms with Gasteiger partial charge in [0, 0.05) is 16.8 Å². The Hall–Kier alpha value is -3.18. The molecule has 0 amide bonds. The van der Waals surface area contributed by atoms with Gasteiger partial charge in [0.25, 0.3) is 0 Å². The Balaban J connectivity index is 1.87. The van der Waals surface area contributed by atoms with E-state index >= 15 is 0 Å². The average molecular weight is 366 g/mol. The molecule has 5 nitrogen and oxygen atoms in total. The van der Waals surface area contributed by atoms with Crippen LogP contribution in [0, 0.1) is 6.92 Å². The Kier molecular flexibility index (Phi) is 5.29. The van der Waals surface area contributed by atoms with Crippen LogP contribution in [0.1, 0.15) is 11.1 Å². The van der Waals surface area contributed by atoms with Gasteiger partial charge in [-0.2, -0.15) is 10.2 Å². The van der Waals surface area contributed by atoms with Crippen molar-refractivity contribution in [3.05, 3.63) is 76.8 Å². The van der Waals surface area contributed by atoms with Gasteiger partial charge in [-0.25, -0.2) is 0 Å². The van der Waals surface area contributed by atoms with Crippen molar-refractivity contribution in [3.8, 4) is 11.5 Å². The standard InChI is InChI=1S/C20H16ClN3O2/c1-13-4-2-7-19(26)20(13)22-12-14-10-17(8-9-18(14)25)24-23-16-6-3-5-15(21)11-16/h2-12,25-26H,1H3. The van der Waals surface area contributed by atoms with Crippen LogP contribution in [-0.4, -0.2) is 16.4 Å². The van der Waals surface area contributed by atoms with Crippen molar-refractivity contribution in [1.29, 1.82) is 0 Å². The highest BCUT2D eigenvalue weighted by molar-refractivity contribution is 6.30. The number of phenolic OH excluding ortho intramolecular Hbond substituents is 2. The number of halogens is 1. The number of aromatic hydroxyl groups is 2. The molecule has 0 aliphatic heterocycles. The summed E-state index contributed by atoms with van der Waals surface area (Å²) in [5, 5.41) is 28.8. The summed E-state index contributed by atoms with van der Waals surface area (Å²) in [6, 6.07) is 17.0. The first-order valence-corrected chi connectivity index (χ1v) is 8.24. The maximum absolute atomic E-state index is 10.0. The van der Waals surface area contributed by atoms with Crippen molar-refractivity contribution in [2.75, 3.05) is 0 Å². The summed E-state index contributed by atoms with van der Waals surface area (Å²) >= 11 is 5.93. The fourth-order valence-corrected chi connectivity index (χ4v) is 2.49. The number of azo groups is 1. The summed E-state index contributed by atoms with van der Waals surface area (Å²) < 4.78 is 0.